The van der Waals surface area contributed by atoms with Crippen LogP contribution in [0.2, 0.25) is 6.04 Å². The highest BCUT2D eigenvalue weighted by molar-refractivity contribution is 6.56. The highest BCUT2D eigenvalue weighted by Crippen LogP contribution is 1.96. The summed E-state index contributed by atoms with van der Waals surface area (Å²) in [6.07, 6.45) is 0.954. The van der Waals surface area contributed by atoms with E-state index in [1.165, 1.54) is 0 Å². The first kappa shape index (κ1) is 10.3. The average molecular weight is 178 g/mol. The Morgan fingerprint density at radius 1 is 1.55 bits per heavy atom. The average Bonchev–Trinajstić information content (AvgIpc) is 1.85. The lowest BCUT2D eigenvalue weighted by Gasteiger charge is -2.07. The molecule has 0 saturated carbocycles. The van der Waals surface area contributed by atoms with Crippen LogP contribution in [0.25, 0.3) is 0 Å². The first-order valence-electron chi connectivity index (χ1n) is 2.92. The Bertz CT molecular complexity index is 149. The summed E-state index contributed by atoms with van der Waals surface area (Å²) >= 11 is 0. The maximum Gasteiger partial charge on any atom is 0.496 e. The van der Waals surface area contributed by atoms with Crippen LogP contribution in [0.5, 0.6) is 0 Å². The Morgan fingerprint density at radius 2 is 2.09 bits per heavy atom. The van der Waals surface area contributed by atoms with Gasteiger partial charge in [0.05, 0.1) is 12.7 Å². The SMILES string of the molecule is C=CC(=O)OCC[Si](O)(O)O. The molecule has 11 heavy (non-hydrogen) atoms. The van der Waals surface area contributed by atoms with Gasteiger partial charge in [-0.3, -0.25) is 0 Å². The summed E-state index contributed by atoms with van der Waals surface area (Å²) < 4.78 is 4.36. The number of rotatable bonds is 4. The summed E-state index contributed by atoms with van der Waals surface area (Å²) in [5, 5.41) is 0. The van der Waals surface area contributed by atoms with Crippen molar-refractivity contribution in [2.24, 2.45) is 0 Å². The molecule has 0 aromatic heterocycles. The van der Waals surface area contributed by atoms with Crippen molar-refractivity contribution in [1.29, 1.82) is 0 Å². The molecule has 0 aliphatic carbocycles. The maximum absolute atomic E-state index is 10.3. The number of esters is 1. The molecular weight excluding hydrogens is 168 g/mol. The van der Waals surface area contributed by atoms with Crippen molar-refractivity contribution in [1.82, 2.24) is 0 Å². The second-order valence-electron chi connectivity index (χ2n) is 1.90. The van der Waals surface area contributed by atoms with E-state index >= 15 is 0 Å². The van der Waals surface area contributed by atoms with Gasteiger partial charge in [0.2, 0.25) is 0 Å². The zero-order chi connectivity index (χ0) is 8.91. The third-order valence-electron chi connectivity index (χ3n) is 0.848. The van der Waals surface area contributed by atoms with E-state index in [0.29, 0.717) is 0 Å². The molecule has 0 atom stereocenters. The van der Waals surface area contributed by atoms with Gasteiger partial charge in [0.15, 0.2) is 0 Å². The van der Waals surface area contributed by atoms with Crippen LogP contribution in [0.4, 0.5) is 0 Å². The largest absolute Gasteiger partial charge is 0.496 e. The Hall–Kier alpha value is -0.693. The van der Waals surface area contributed by atoms with Gasteiger partial charge in [0, 0.05) is 6.08 Å². The minimum absolute atomic E-state index is 0.208. The summed E-state index contributed by atoms with van der Waals surface area (Å²) in [5.74, 6) is -0.650. The van der Waals surface area contributed by atoms with E-state index in [2.05, 4.69) is 11.3 Å². The zero-order valence-corrected chi connectivity index (χ0v) is 6.86. The van der Waals surface area contributed by atoms with Gasteiger partial charge in [-0.15, -0.1) is 0 Å². The molecule has 0 spiro atoms. The van der Waals surface area contributed by atoms with Crippen LogP contribution in [-0.2, 0) is 9.53 Å². The molecule has 64 valence electrons. The van der Waals surface area contributed by atoms with Gasteiger partial charge in [-0.1, -0.05) is 6.58 Å². The van der Waals surface area contributed by atoms with E-state index in [0.717, 1.165) is 6.08 Å². The number of carbonyl (C=O) groups is 1. The van der Waals surface area contributed by atoms with E-state index < -0.39 is 14.8 Å². The molecule has 0 amide bonds. The molecule has 0 heterocycles. The van der Waals surface area contributed by atoms with Crippen LogP contribution in [-0.4, -0.2) is 35.8 Å². The quantitative estimate of drug-likeness (QED) is 0.281. The highest BCUT2D eigenvalue weighted by atomic mass is 28.4. The first-order chi connectivity index (χ1) is 4.95. The van der Waals surface area contributed by atoms with Crippen LogP contribution < -0.4 is 0 Å². The second kappa shape index (κ2) is 4.24. The molecule has 3 N–H and O–H groups in total. The predicted molar refractivity (Wildman–Crippen MR) is 38.4 cm³/mol. The predicted octanol–water partition coefficient (Wildman–Crippen LogP) is -1.37. The lowest BCUT2D eigenvalue weighted by Crippen LogP contribution is -2.35. The van der Waals surface area contributed by atoms with E-state index in [1.807, 2.05) is 0 Å². The Balaban J connectivity index is 3.42. The van der Waals surface area contributed by atoms with Crippen LogP contribution in [0, 0.1) is 0 Å². The first-order valence-corrected chi connectivity index (χ1v) is 4.97. The minimum atomic E-state index is -4.05. The number of hydrogen-bond acceptors (Lipinski definition) is 5. The smallest absolute Gasteiger partial charge is 0.463 e. The number of ether oxygens (including phenoxy) is 1. The third kappa shape index (κ3) is 7.20. The van der Waals surface area contributed by atoms with Crippen molar-refractivity contribution in [3.05, 3.63) is 12.7 Å². The summed E-state index contributed by atoms with van der Waals surface area (Å²) in [7, 11) is -4.05. The summed E-state index contributed by atoms with van der Waals surface area (Å²) in [4.78, 5) is 35.6. The lowest BCUT2D eigenvalue weighted by atomic mass is 10.6. The molecular formula is C5H10O5Si. The van der Waals surface area contributed by atoms with E-state index in [1.54, 1.807) is 0 Å². The van der Waals surface area contributed by atoms with Crippen LogP contribution in [0.1, 0.15) is 0 Å². The van der Waals surface area contributed by atoms with Crippen molar-refractivity contribution in [2.75, 3.05) is 6.61 Å². The fraction of sp³-hybridized carbons (Fsp3) is 0.400. The standard InChI is InChI=1S/C5H10O5Si/c1-2-5(6)10-3-4-11(7,8)9/h2,7-9H,1,3-4H2. The van der Waals surface area contributed by atoms with Gasteiger partial charge in [0.1, 0.15) is 0 Å². The molecule has 0 bridgehead atoms. The van der Waals surface area contributed by atoms with Gasteiger partial charge < -0.3 is 19.1 Å². The molecule has 0 aliphatic rings. The van der Waals surface area contributed by atoms with Gasteiger partial charge >= 0.3 is 14.8 Å². The maximum atomic E-state index is 10.3. The third-order valence-corrected chi connectivity index (χ3v) is 1.72. The van der Waals surface area contributed by atoms with Crippen molar-refractivity contribution in [3.63, 3.8) is 0 Å². The molecule has 0 saturated heterocycles. The second-order valence-corrected chi connectivity index (χ2v) is 3.94. The number of hydrogen-bond donors (Lipinski definition) is 3. The van der Waals surface area contributed by atoms with Gasteiger partial charge in [-0.2, -0.15) is 0 Å². The van der Waals surface area contributed by atoms with E-state index in [-0.39, 0.29) is 12.7 Å². The highest BCUT2D eigenvalue weighted by Gasteiger charge is 2.26. The van der Waals surface area contributed by atoms with E-state index in [9.17, 15) is 4.79 Å². The number of carbonyl (C=O) groups excluding carboxylic acids is 1. The summed E-state index contributed by atoms with van der Waals surface area (Å²) in [6.45, 7) is 2.92. The molecule has 0 unspecified atom stereocenters. The van der Waals surface area contributed by atoms with Gasteiger partial charge in [-0.05, 0) is 0 Å². The lowest BCUT2D eigenvalue weighted by molar-refractivity contribution is -0.137. The molecule has 0 aromatic rings. The fourth-order valence-corrected chi connectivity index (χ4v) is 0.723. The summed E-state index contributed by atoms with van der Waals surface area (Å²) in [6, 6.07) is -0.313. The van der Waals surface area contributed by atoms with Crippen molar-refractivity contribution >= 4 is 14.8 Å². The van der Waals surface area contributed by atoms with Gasteiger partial charge in [-0.25, -0.2) is 4.79 Å². The van der Waals surface area contributed by atoms with Crippen molar-refractivity contribution in [2.45, 2.75) is 6.04 Å². The normalized spacial score (nSPS) is 10.8. The fourth-order valence-electron chi connectivity index (χ4n) is 0.347. The Kier molecular flexibility index (Phi) is 3.97. The molecule has 5 nitrogen and oxygen atoms in total. The monoisotopic (exact) mass is 178 g/mol. The molecule has 6 heteroatoms. The molecule has 0 rings (SSSR count). The Labute approximate surface area is 64.9 Å². The molecule has 0 aliphatic heterocycles. The van der Waals surface area contributed by atoms with Crippen LogP contribution in [0.3, 0.4) is 0 Å². The van der Waals surface area contributed by atoms with Crippen molar-refractivity contribution < 1.29 is 23.9 Å². The van der Waals surface area contributed by atoms with E-state index in [4.69, 9.17) is 14.4 Å². The van der Waals surface area contributed by atoms with Crippen LogP contribution >= 0.6 is 0 Å². The molecule has 0 aromatic carbocycles. The minimum Gasteiger partial charge on any atom is -0.463 e. The Morgan fingerprint density at radius 3 is 2.45 bits per heavy atom. The summed E-state index contributed by atoms with van der Waals surface area (Å²) in [5.41, 5.74) is 0. The topological polar surface area (TPSA) is 87.0 Å². The van der Waals surface area contributed by atoms with Crippen molar-refractivity contribution in [3.8, 4) is 0 Å². The molecule has 0 radical (unpaired) electrons. The zero-order valence-electron chi connectivity index (χ0n) is 5.86. The van der Waals surface area contributed by atoms with Crippen LogP contribution in [0.15, 0.2) is 12.7 Å². The van der Waals surface area contributed by atoms with Gasteiger partial charge in [0.25, 0.3) is 0 Å². The molecule has 0 fully saturated rings.